The van der Waals surface area contributed by atoms with Crippen LogP contribution in [0.4, 0.5) is 15.4 Å². The first-order chi connectivity index (χ1) is 39.2. The summed E-state index contributed by atoms with van der Waals surface area (Å²) in [6.07, 6.45) is 11.5. The number of unbranched alkanes of at least 4 members (excludes halogenated alkanes) is 7. The predicted molar refractivity (Wildman–Crippen MR) is 309 cm³/mol. The highest BCUT2D eigenvalue weighted by atomic mass is 16.6. The molecule has 25 nitrogen and oxygen atoms in total. The normalized spacial score (nSPS) is 11.5. The van der Waals surface area contributed by atoms with E-state index in [-0.39, 0.29) is 55.0 Å². The van der Waals surface area contributed by atoms with Crippen molar-refractivity contribution in [2.24, 2.45) is 0 Å². The third-order valence-electron chi connectivity index (χ3n) is 11.3. The Morgan fingerprint density at radius 2 is 1.00 bits per heavy atom. The first kappa shape index (κ1) is 73.4. The Morgan fingerprint density at radius 3 is 1.54 bits per heavy atom. The van der Waals surface area contributed by atoms with Gasteiger partial charge in [0.2, 0.25) is 29.5 Å². The van der Waals surface area contributed by atoms with Crippen LogP contribution in [0.5, 0.6) is 0 Å². The van der Waals surface area contributed by atoms with Gasteiger partial charge < -0.3 is 65.6 Å². The standard InChI is InChI=1S/C57H98N10O15/c1-8-36-80-54(75)63-35-21-38-78-40-42-79-41-39-77-37-20-34-62-53(74)45(65-50(71)29-28-49(70)60-31-17-11-14-25-51(72)81-56(2,3)4)22-15-19-32-59-48(69)23-12-9-16-30-58-47(68)24-13-10-18-33-61-52(73)44-26-27-46(64-43-44)66-67-55(76)82-57(5,6)7/h8,26-27,43,45H,1,9-25,28-42H2,2-7H3,(H,58,68)(H,59,69)(H,60,70)(H,61,73)(H,62,74)(H,63,75)(H,64,66)(H,65,71)(H,67,76)/t45-/m0/s1. The average molecular weight is 1160 g/mol. The van der Waals surface area contributed by atoms with Crippen LogP contribution in [0.1, 0.15) is 174 Å². The summed E-state index contributed by atoms with van der Waals surface area (Å²) in [6.45, 7) is 19.2. The third kappa shape index (κ3) is 45.1. The number of carbonyl (C=O) groups excluding carboxylic acids is 9. The maximum atomic E-state index is 13.3. The van der Waals surface area contributed by atoms with Gasteiger partial charge in [-0.2, -0.15) is 0 Å². The lowest BCUT2D eigenvalue weighted by Crippen LogP contribution is -2.47. The van der Waals surface area contributed by atoms with Gasteiger partial charge in [0.25, 0.3) is 5.91 Å². The molecule has 0 spiro atoms. The number of alkyl carbamates (subject to hydrolysis) is 1. The van der Waals surface area contributed by atoms with E-state index in [1.165, 1.54) is 12.3 Å². The van der Waals surface area contributed by atoms with Crippen LogP contribution < -0.4 is 48.1 Å². The molecule has 0 unspecified atom stereocenters. The van der Waals surface area contributed by atoms with Gasteiger partial charge in [-0.05, 0) is 124 Å². The van der Waals surface area contributed by atoms with Crippen molar-refractivity contribution in [3.63, 3.8) is 0 Å². The fraction of sp³-hybridized carbons (Fsp3) is 0.719. The van der Waals surface area contributed by atoms with Crippen LogP contribution in [0.3, 0.4) is 0 Å². The zero-order valence-corrected chi connectivity index (χ0v) is 49.8. The van der Waals surface area contributed by atoms with Crippen LogP contribution in [0.25, 0.3) is 0 Å². The van der Waals surface area contributed by atoms with Gasteiger partial charge in [0.1, 0.15) is 29.7 Å². The highest BCUT2D eigenvalue weighted by Crippen LogP contribution is 2.12. The van der Waals surface area contributed by atoms with Crippen molar-refractivity contribution in [1.29, 1.82) is 0 Å². The molecule has 0 aliphatic carbocycles. The van der Waals surface area contributed by atoms with Crippen molar-refractivity contribution in [2.75, 3.05) is 90.9 Å². The number of rotatable bonds is 47. The number of nitrogens with one attached hydrogen (secondary N) is 9. The van der Waals surface area contributed by atoms with Gasteiger partial charge in [0.05, 0.1) is 32.0 Å². The van der Waals surface area contributed by atoms with Crippen LogP contribution in [0.2, 0.25) is 0 Å². The lowest BCUT2D eigenvalue weighted by Gasteiger charge is -2.19. The lowest BCUT2D eigenvalue weighted by molar-refractivity contribution is -0.155. The fourth-order valence-electron chi connectivity index (χ4n) is 7.25. The summed E-state index contributed by atoms with van der Waals surface area (Å²) in [7, 11) is 0. The summed E-state index contributed by atoms with van der Waals surface area (Å²) in [5.41, 5.74) is 4.19. The molecule has 466 valence electrons. The van der Waals surface area contributed by atoms with E-state index in [0.717, 1.165) is 25.7 Å². The molecule has 0 saturated heterocycles. The topological polar surface area (TPSA) is 330 Å². The zero-order chi connectivity index (χ0) is 60.7. The van der Waals surface area contributed by atoms with Gasteiger partial charge in [0, 0.05) is 90.8 Å². The number of carbonyl (C=O) groups is 9. The van der Waals surface area contributed by atoms with E-state index in [1.54, 1.807) is 32.9 Å². The Bertz CT molecular complexity index is 2020. The molecule has 0 aromatic carbocycles. The first-order valence-electron chi connectivity index (χ1n) is 29.0. The molecule has 0 aliphatic rings. The number of hydrazine groups is 1. The van der Waals surface area contributed by atoms with Crippen molar-refractivity contribution in [2.45, 2.75) is 181 Å². The van der Waals surface area contributed by atoms with Gasteiger partial charge in [-0.25, -0.2) is 20.0 Å². The molecule has 1 atom stereocenters. The van der Waals surface area contributed by atoms with Crippen LogP contribution in [-0.2, 0) is 57.2 Å². The van der Waals surface area contributed by atoms with Gasteiger partial charge in [-0.3, -0.25) is 39.0 Å². The van der Waals surface area contributed by atoms with Crippen molar-refractivity contribution >= 4 is 59.4 Å². The number of hydrogen-bond donors (Lipinski definition) is 9. The predicted octanol–water partition coefficient (Wildman–Crippen LogP) is 5.33. The smallest absolute Gasteiger partial charge is 0.426 e. The van der Waals surface area contributed by atoms with Gasteiger partial charge >= 0.3 is 18.2 Å². The molecule has 9 N–H and O–H groups in total. The minimum atomic E-state index is -0.847. The first-order valence-corrected chi connectivity index (χ1v) is 29.0. The quantitative estimate of drug-likeness (QED) is 0.0131. The number of aromatic nitrogens is 1. The molecule has 1 heterocycles. The summed E-state index contributed by atoms with van der Waals surface area (Å²) in [4.78, 5) is 115. The number of esters is 1. The summed E-state index contributed by atoms with van der Waals surface area (Å²) in [5.74, 6) is -1.43. The van der Waals surface area contributed by atoms with E-state index < -0.39 is 35.3 Å². The van der Waals surface area contributed by atoms with Crippen molar-refractivity contribution in [3.8, 4) is 0 Å². The summed E-state index contributed by atoms with van der Waals surface area (Å²) >= 11 is 0. The van der Waals surface area contributed by atoms with Gasteiger partial charge in [-0.15, -0.1) is 0 Å². The number of hydrogen-bond acceptors (Lipinski definition) is 17. The molecule has 8 amide bonds. The van der Waals surface area contributed by atoms with Crippen LogP contribution in [0.15, 0.2) is 31.0 Å². The SMILES string of the molecule is C=CCOC(=O)NCCCOCCOCCOCCCNC(=O)[C@H](CCCCNC(=O)CCCCCNC(=O)CCCCCNC(=O)c1ccc(NNC(=O)OC(C)(C)C)nc1)NC(=O)CCC(=O)NCCCCCC(=O)OC(C)(C)C. The number of ether oxygens (including phenoxy) is 6. The molecule has 82 heavy (non-hydrogen) atoms. The summed E-state index contributed by atoms with van der Waals surface area (Å²) < 4.78 is 31.9. The van der Waals surface area contributed by atoms with Gasteiger partial charge in [0.15, 0.2) is 0 Å². The van der Waals surface area contributed by atoms with Crippen molar-refractivity contribution in [1.82, 2.24) is 47.6 Å². The highest BCUT2D eigenvalue weighted by molar-refractivity contribution is 5.94. The molecule has 25 heteroatoms. The average Bonchev–Trinajstić information content (AvgIpc) is 3.42. The number of nitrogens with zero attached hydrogens (tertiary/aromatic N) is 1. The molecule has 0 aliphatic heterocycles. The van der Waals surface area contributed by atoms with Crippen molar-refractivity contribution < 1.29 is 71.6 Å². The summed E-state index contributed by atoms with van der Waals surface area (Å²) in [6, 6.07) is 2.29. The number of pyridine rings is 1. The maximum absolute atomic E-state index is 13.3. The van der Waals surface area contributed by atoms with E-state index in [4.69, 9.17) is 28.4 Å². The highest BCUT2D eigenvalue weighted by Gasteiger charge is 2.21. The van der Waals surface area contributed by atoms with Crippen LogP contribution in [0, 0.1) is 0 Å². The van der Waals surface area contributed by atoms with E-state index in [1.807, 2.05) is 20.8 Å². The molecule has 0 saturated carbocycles. The zero-order valence-electron chi connectivity index (χ0n) is 49.8. The molecular formula is C57H98N10O15. The Labute approximate surface area is 485 Å². The van der Waals surface area contributed by atoms with Crippen molar-refractivity contribution in [3.05, 3.63) is 36.5 Å². The monoisotopic (exact) mass is 1160 g/mol. The molecular weight excluding hydrogens is 1060 g/mol. The second-order valence-corrected chi connectivity index (χ2v) is 21.3. The second-order valence-electron chi connectivity index (χ2n) is 21.3. The lowest BCUT2D eigenvalue weighted by atomic mass is 10.1. The van der Waals surface area contributed by atoms with Gasteiger partial charge in [-0.1, -0.05) is 31.9 Å². The fourth-order valence-corrected chi connectivity index (χ4v) is 7.25. The Balaban J connectivity index is 2.32. The molecule has 1 aromatic rings. The van der Waals surface area contributed by atoms with Crippen LogP contribution >= 0.6 is 0 Å². The molecule has 0 bridgehead atoms. The summed E-state index contributed by atoms with van der Waals surface area (Å²) in [5, 5.41) is 19.7. The van der Waals surface area contributed by atoms with E-state index in [9.17, 15) is 43.2 Å². The molecule has 1 rings (SSSR count). The Kier molecular flexibility index (Phi) is 41.1. The minimum Gasteiger partial charge on any atom is -0.460 e. The minimum absolute atomic E-state index is 0.0467. The maximum Gasteiger partial charge on any atom is 0.426 e. The largest absolute Gasteiger partial charge is 0.460 e. The van der Waals surface area contributed by atoms with E-state index in [0.29, 0.717) is 174 Å². The number of amides is 8. The molecule has 0 fully saturated rings. The van der Waals surface area contributed by atoms with Crippen LogP contribution in [-0.4, -0.2) is 161 Å². The number of anilines is 1. The molecule has 0 radical (unpaired) electrons. The molecule has 1 aromatic heterocycles. The second kappa shape index (κ2) is 45.9. The Hall–Kier alpha value is -6.60. The third-order valence-corrected chi connectivity index (χ3v) is 11.3. The van der Waals surface area contributed by atoms with E-state index >= 15 is 0 Å². The van der Waals surface area contributed by atoms with E-state index in [2.05, 4.69) is 59.6 Å². The Morgan fingerprint density at radius 1 is 0.512 bits per heavy atom.